The van der Waals surface area contributed by atoms with E-state index >= 15 is 0 Å². The Balaban J connectivity index is 2.07. The molecule has 0 bridgehead atoms. The average molecular weight is 242 g/mol. The second-order valence-electron chi connectivity index (χ2n) is 3.44. The van der Waals surface area contributed by atoms with Crippen LogP contribution >= 0.6 is 0 Å². The molecular weight excluding hydrogens is 233 g/mol. The first-order valence-electron chi connectivity index (χ1n) is 4.94. The van der Waals surface area contributed by atoms with Gasteiger partial charge in [-0.05, 0) is 5.21 Å². The number of nitrogens with zero attached hydrogens (tertiary/aromatic N) is 4. The number of hydrogen-bond acceptors (Lipinski definition) is 3. The molecule has 0 spiro atoms. The van der Waals surface area contributed by atoms with Crippen molar-refractivity contribution < 1.29 is 13.2 Å². The van der Waals surface area contributed by atoms with E-state index in [0.29, 0.717) is 5.82 Å². The topological polar surface area (TPSA) is 43.6 Å². The van der Waals surface area contributed by atoms with E-state index in [4.69, 9.17) is 0 Å². The Morgan fingerprint density at radius 2 is 1.82 bits per heavy atom. The maximum atomic E-state index is 12.0. The van der Waals surface area contributed by atoms with Crippen molar-refractivity contribution in [3.05, 3.63) is 30.3 Å². The van der Waals surface area contributed by atoms with Gasteiger partial charge in [0.1, 0.15) is 0 Å². The molecule has 1 aromatic carbocycles. The first kappa shape index (κ1) is 11.6. The van der Waals surface area contributed by atoms with Gasteiger partial charge in [0.15, 0.2) is 0 Å². The number of rotatable bonds is 3. The van der Waals surface area contributed by atoms with E-state index in [0.717, 1.165) is 10.4 Å². The molecule has 0 fully saturated rings. The largest absolute Gasteiger partial charge is 0.390 e. The zero-order valence-corrected chi connectivity index (χ0v) is 8.72. The summed E-state index contributed by atoms with van der Waals surface area (Å²) in [5, 5.41) is 11.2. The standard InChI is InChI=1S/C10H9F3N4/c11-10(12,13)6-7-17-15-9(14-16-17)8-4-2-1-3-5-8/h1-5H,6-7H2. The molecule has 0 radical (unpaired) electrons. The third kappa shape index (κ3) is 3.27. The summed E-state index contributed by atoms with van der Waals surface area (Å²) in [6.07, 6.45) is -5.17. The van der Waals surface area contributed by atoms with Gasteiger partial charge in [0.2, 0.25) is 5.82 Å². The minimum Gasteiger partial charge on any atom is -0.171 e. The van der Waals surface area contributed by atoms with Gasteiger partial charge < -0.3 is 0 Å². The summed E-state index contributed by atoms with van der Waals surface area (Å²) in [5.74, 6) is 0.327. The molecule has 90 valence electrons. The molecule has 2 aromatic rings. The van der Waals surface area contributed by atoms with Crippen molar-refractivity contribution in [1.82, 2.24) is 20.2 Å². The van der Waals surface area contributed by atoms with Gasteiger partial charge in [0.25, 0.3) is 0 Å². The van der Waals surface area contributed by atoms with Gasteiger partial charge in [-0.1, -0.05) is 30.3 Å². The first-order chi connectivity index (χ1) is 8.04. The van der Waals surface area contributed by atoms with Crippen LogP contribution in [0.1, 0.15) is 6.42 Å². The first-order valence-corrected chi connectivity index (χ1v) is 4.94. The molecule has 0 atom stereocenters. The van der Waals surface area contributed by atoms with Crippen LogP contribution in [-0.4, -0.2) is 26.4 Å². The van der Waals surface area contributed by atoms with Gasteiger partial charge in [-0.25, -0.2) is 0 Å². The summed E-state index contributed by atoms with van der Waals surface area (Å²) in [7, 11) is 0. The Morgan fingerprint density at radius 3 is 2.47 bits per heavy atom. The van der Waals surface area contributed by atoms with Gasteiger partial charge >= 0.3 is 6.18 Å². The SMILES string of the molecule is FC(F)(F)CCn1nnc(-c2ccccc2)n1. The van der Waals surface area contributed by atoms with E-state index in [-0.39, 0.29) is 6.54 Å². The highest BCUT2D eigenvalue weighted by molar-refractivity contribution is 5.52. The lowest BCUT2D eigenvalue weighted by atomic mass is 10.2. The Hall–Kier alpha value is -1.92. The third-order valence-corrected chi connectivity index (χ3v) is 2.08. The van der Waals surface area contributed by atoms with Crippen molar-refractivity contribution in [2.45, 2.75) is 19.1 Å². The molecule has 2 rings (SSSR count). The summed E-state index contributed by atoms with van der Waals surface area (Å²) in [6.45, 7) is -0.316. The molecule has 0 amide bonds. The van der Waals surface area contributed by atoms with Crippen LogP contribution in [0.4, 0.5) is 13.2 Å². The van der Waals surface area contributed by atoms with Gasteiger partial charge in [-0.2, -0.15) is 18.0 Å². The fraction of sp³-hybridized carbons (Fsp3) is 0.300. The summed E-state index contributed by atoms with van der Waals surface area (Å²) in [4.78, 5) is 0.954. The molecule has 0 unspecified atom stereocenters. The molecule has 0 aliphatic rings. The third-order valence-electron chi connectivity index (χ3n) is 2.08. The zero-order chi connectivity index (χ0) is 12.3. The van der Waals surface area contributed by atoms with Crippen LogP contribution in [0.5, 0.6) is 0 Å². The normalized spacial score (nSPS) is 11.7. The van der Waals surface area contributed by atoms with Crippen LogP contribution in [0.15, 0.2) is 30.3 Å². The Kier molecular flexibility index (Phi) is 3.08. The number of halogens is 3. The van der Waals surface area contributed by atoms with Crippen LogP contribution in [0.25, 0.3) is 11.4 Å². The van der Waals surface area contributed by atoms with Crippen molar-refractivity contribution in [3.63, 3.8) is 0 Å². The van der Waals surface area contributed by atoms with Crippen molar-refractivity contribution in [1.29, 1.82) is 0 Å². The molecule has 1 heterocycles. The monoisotopic (exact) mass is 242 g/mol. The highest BCUT2D eigenvalue weighted by Gasteiger charge is 2.27. The maximum Gasteiger partial charge on any atom is 0.390 e. The lowest BCUT2D eigenvalue weighted by Gasteiger charge is -2.03. The molecule has 0 N–H and O–H groups in total. The zero-order valence-electron chi connectivity index (χ0n) is 8.72. The highest BCUT2D eigenvalue weighted by Crippen LogP contribution is 2.20. The fourth-order valence-electron chi connectivity index (χ4n) is 1.27. The van der Waals surface area contributed by atoms with E-state index < -0.39 is 12.6 Å². The highest BCUT2D eigenvalue weighted by atomic mass is 19.4. The molecule has 7 heteroatoms. The molecule has 0 saturated carbocycles. The van der Waals surface area contributed by atoms with E-state index in [1.165, 1.54) is 0 Å². The Labute approximate surface area is 95.1 Å². The Bertz CT molecular complexity index is 478. The van der Waals surface area contributed by atoms with Crippen LogP contribution in [-0.2, 0) is 6.54 Å². The van der Waals surface area contributed by atoms with Gasteiger partial charge in [-0.3, -0.25) is 0 Å². The lowest BCUT2D eigenvalue weighted by Crippen LogP contribution is -2.14. The van der Waals surface area contributed by atoms with Crippen molar-refractivity contribution in [2.24, 2.45) is 0 Å². The van der Waals surface area contributed by atoms with Gasteiger partial charge in [0, 0.05) is 5.56 Å². The van der Waals surface area contributed by atoms with Crippen LogP contribution in [0.2, 0.25) is 0 Å². The summed E-state index contributed by atoms with van der Waals surface area (Å²) < 4.78 is 35.9. The maximum absolute atomic E-state index is 12.0. The van der Waals surface area contributed by atoms with E-state index in [2.05, 4.69) is 15.4 Å². The minimum atomic E-state index is -4.21. The molecule has 0 saturated heterocycles. The van der Waals surface area contributed by atoms with Crippen molar-refractivity contribution >= 4 is 0 Å². The molecule has 17 heavy (non-hydrogen) atoms. The number of aryl methyl sites for hydroxylation is 1. The quantitative estimate of drug-likeness (QED) is 0.829. The number of benzene rings is 1. The van der Waals surface area contributed by atoms with E-state index in [9.17, 15) is 13.2 Å². The minimum absolute atomic E-state index is 0.316. The number of hydrogen-bond donors (Lipinski definition) is 0. The van der Waals surface area contributed by atoms with E-state index in [1.54, 1.807) is 24.3 Å². The molecule has 0 aliphatic heterocycles. The van der Waals surface area contributed by atoms with Gasteiger partial charge in [-0.15, -0.1) is 10.2 Å². The van der Waals surface area contributed by atoms with Crippen LogP contribution in [0.3, 0.4) is 0 Å². The summed E-state index contributed by atoms with van der Waals surface area (Å²) >= 11 is 0. The lowest BCUT2D eigenvalue weighted by molar-refractivity contribution is -0.137. The molecule has 4 nitrogen and oxygen atoms in total. The predicted octanol–water partition coefficient (Wildman–Crippen LogP) is 2.29. The average Bonchev–Trinajstić information content (AvgIpc) is 2.75. The number of tetrazole rings is 1. The van der Waals surface area contributed by atoms with Crippen molar-refractivity contribution in [3.8, 4) is 11.4 Å². The van der Waals surface area contributed by atoms with E-state index in [1.807, 2.05) is 6.07 Å². The molecule has 1 aromatic heterocycles. The predicted molar refractivity (Wildman–Crippen MR) is 53.9 cm³/mol. The van der Waals surface area contributed by atoms with Crippen LogP contribution < -0.4 is 0 Å². The van der Waals surface area contributed by atoms with Crippen molar-refractivity contribution in [2.75, 3.05) is 0 Å². The Morgan fingerprint density at radius 1 is 1.12 bits per heavy atom. The molecular formula is C10H9F3N4. The fourth-order valence-corrected chi connectivity index (χ4v) is 1.27. The number of alkyl halides is 3. The smallest absolute Gasteiger partial charge is 0.171 e. The summed E-state index contributed by atoms with van der Waals surface area (Å²) in [6, 6.07) is 8.96. The number of aromatic nitrogens is 4. The second kappa shape index (κ2) is 4.52. The summed E-state index contributed by atoms with van der Waals surface area (Å²) in [5.41, 5.74) is 0.728. The van der Waals surface area contributed by atoms with Crippen LogP contribution in [0, 0.1) is 0 Å². The molecule has 0 aliphatic carbocycles. The van der Waals surface area contributed by atoms with Gasteiger partial charge in [0.05, 0.1) is 13.0 Å². The second-order valence-corrected chi connectivity index (χ2v) is 3.44.